The van der Waals surface area contributed by atoms with Gasteiger partial charge < -0.3 is 10.6 Å². The minimum Gasteiger partial charge on any atom is -0.370 e. The van der Waals surface area contributed by atoms with Crippen LogP contribution in [0.5, 0.6) is 0 Å². The molecular weight excluding hydrogens is 287 g/mol. The molecule has 7 heteroatoms. The van der Waals surface area contributed by atoms with Crippen LogP contribution in [0.25, 0.3) is 0 Å². The Morgan fingerprint density at radius 1 is 1.30 bits per heavy atom. The minimum atomic E-state index is -4.37. The van der Waals surface area contributed by atoms with E-state index in [0.29, 0.717) is 6.54 Å². The lowest BCUT2D eigenvalue weighted by Gasteiger charge is -2.17. The Morgan fingerprint density at radius 2 is 1.95 bits per heavy atom. The fraction of sp³-hybridized carbons (Fsp3) is 0.615. The summed E-state index contributed by atoms with van der Waals surface area (Å²) < 4.78 is 38.6. The van der Waals surface area contributed by atoms with Crippen LogP contribution in [0.15, 0.2) is 12.1 Å². The smallest absolute Gasteiger partial charge is 0.370 e. The highest BCUT2D eigenvalue weighted by atomic mass is 32.2. The molecule has 0 radical (unpaired) electrons. The third-order valence-corrected chi connectivity index (χ3v) is 3.35. The lowest BCUT2D eigenvalue weighted by Crippen LogP contribution is -2.20. The Kier molecular flexibility index (Phi) is 6.45. The summed E-state index contributed by atoms with van der Waals surface area (Å²) in [5, 5.41) is 5.90. The Bertz CT molecular complexity index is 424. The van der Waals surface area contributed by atoms with E-state index >= 15 is 0 Å². The molecule has 0 aliphatic rings. The van der Waals surface area contributed by atoms with Gasteiger partial charge in [0.2, 0.25) is 0 Å². The molecule has 2 N–H and O–H groups in total. The number of nitrogens with one attached hydrogen (secondary N) is 2. The minimum absolute atomic E-state index is 0.0556. The van der Waals surface area contributed by atoms with Crippen molar-refractivity contribution in [3.8, 4) is 0 Å². The molecule has 0 amide bonds. The van der Waals surface area contributed by atoms with Crippen LogP contribution in [0.2, 0.25) is 0 Å². The molecule has 0 saturated heterocycles. The predicted octanol–water partition coefficient (Wildman–Crippen LogP) is 4.09. The number of pyridine rings is 1. The van der Waals surface area contributed by atoms with Gasteiger partial charge >= 0.3 is 6.18 Å². The summed E-state index contributed by atoms with van der Waals surface area (Å²) >= 11 is 1.63. The second-order valence-electron chi connectivity index (χ2n) is 4.55. The highest BCUT2D eigenvalue weighted by molar-refractivity contribution is 7.98. The summed E-state index contributed by atoms with van der Waals surface area (Å²) in [4.78, 5) is 4.18. The highest BCUT2D eigenvalue weighted by Gasteiger charge is 2.31. The van der Waals surface area contributed by atoms with Crippen LogP contribution in [0.3, 0.4) is 0 Å². The first-order chi connectivity index (χ1) is 9.36. The third kappa shape index (κ3) is 5.48. The van der Waals surface area contributed by atoms with Crippen LogP contribution in [-0.4, -0.2) is 29.6 Å². The Labute approximate surface area is 121 Å². The fourth-order valence-corrected chi connectivity index (χ4v) is 2.24. The summed E-state index contributed by atoms with van der Waals surface area (Å²) in [6, 6.07) is 2.15. The number of hydrogen-bond acceptors (Lipinski definition) is 4. The molecule has 0 fully saturated rings. The number of alkyl halides is 3. The number of rotatable bonds is 7. The molecule has 1 unspecified atom stereocenters. The Balaban J connectivity index is 2.97. The molecule has 0 bridgehead atoms. The molecule has 3 nitrogen and oxygen atoms in total. The van der Waals surface area contributed by atoms with E-state index in [4.69, 9.17) is 0 Å². The number of halogens is 3. The van der Waals surface area contributed by atoms with Crippen molar-refractivity contribution in [3.63, 3.8) is 0 Å². The van der Waals surface area contributed by atoms with Gasteiger partial charge in [0.1, 0.15) is 11.6 Å². The maximum absolute atomic E-state index is 12.9. The standard InChI is InChI=1S/C13H20F3N3S/c1-4-5-17-11-6-10(13(14,15)16)7-12(19-11)18-9(2)8-20-3/h6-7,9H,4-5,8H2,1-3H3,(H2,17,18,19). The normalized spacial score (nSPS) is 13.1. The van der Waals surface area contributed by atoms with Crippen molar-refractivity contribution in [1.82, 2.24) is 4.98 Å². The zero-order valence-corrected chi connectivity index (χ0v) is 12.7. The molecule has 1 aromatic heterocycles. The molecule has 1 atom stereocenters. The van der Waals surface area contributed by atoms with Crippen molar-refractivity contribution in [2.24, 2.45) is 0 Å². The first-order valence-corrected chi connectivity index (χ1v) is 7.84. The second kappa shape index (κ2) is 7.61. The van der Waals surface area contributed by atoms with Crippen LogP contribution in [-0.2, 0) is 6.18 Å². The van der Waals surface area contributed by atoms with Crippen molar-refractivity contribution in [2.45, 2.75) is 32.5 Å². The highest BCUT2D eigenvalue weighted by Crippen LogP contribution is 2.32. The fourth-order valence-electron chi connectivity index (χ4n) is 1.66. The maximum atomic E-state index is 12.9. The molecule has 0 aromatic carbocycles. The largest absolute Gasteiger partial charge is 0.416 e. The number of aromatic nitrogens is 1. The van der Waals surface area contributed by atoms with E-state index in [-0.39, 0.29) is 17.7 Å². The third-order valence-electron chi connectivity index (χ3n) is 2.52. The first-order valence-electron chi connectivity index (χ1n) is 6.45. The number of thioether (sulfide) groups is 1. The van der Waals surface area contributed by atoms with E-state index in [0.717, 1.165) is 24.3 Å². The molecule has 1 aromatic rings. The van der Waals surface area contributed by atoms with Crippen molar-refractivity contribution >= 4 is 23.4 Å². The molecule has 0 aliphatic carbocycles. The van der Waals surface area contributed by atoms with Gasteiger partial charge in [-0.3, -0.25) is 0 Å². The molecular formula is C13H20F3N3S. The topological polar surface area (TPSA) is 37.0 Å². The molecule has 20 heavy (non-hydrogen) atoms. The van der Waals surface area contributed by atoms with Crippen LogP contribution in [0.1, 0.15) is 25.8 Å². The molecule has 0 spiro atoms. The molecule has 114 valence electrons. The molecule has 1 heterocycles. The zero-order chi connectivity index (χ0) is 15.2. The van der Waals surface area contributed by atoms with Crippen LogP contribution in [0, 0.1) is 0 Å². The van der Waals surface area contributed by atoms with Gasteiger partial charge in [0.05, 0.1) is 5.56 Å². The van der Waals surface area contributed by atoms with E-state index in [1.807, 2.05) is 20.1 Å². The number of hydrogen-bond donors (Lipinski definition) is 2. The van der Waals surface area contributed by atoms with Crippen molar-refractivity contribution in [3.05, 3.63) is 17.7 Å². The predicted molar refractivity (Wildman–Crippen MR) is 79.5 cm³/mol. The Morgan fingerprint density at radius 3 is 2.50 bits per heavy atom. The summed E-state index contributed by atoms with van der Waals surface area (Å²) in [5.41, 5.74) is -0.690. The lowest BCUT2D eigenvalue weighted by atomic mass is 10.2. The van der Waals surface area contributed by atoms with Crippen LogP contribution < -0.4 is 10.6 Å². The van der Waals surface area contributed by atoms with Gasteiger partial charge in [0.15, 0.2) is 0 Å². The summed E-state index contributed by atoms with van der Waals surface area (Å²) in [7, 11) is 0. The van der Waals surface area contributed by atoms with Crippen molar-refractivity contribution in [1.29, 1.82) is 0 Å². The van der Waals surface area contributed by atoms with Gasteiger partial charge in [-0.1, -0.05) is 6.92 Å². The van der Waals surface area contributed by atoms with E-state index in [1.54, 1.807) is 11.8 Å². The van der Waals surface area contributed by atoms with E-state index < -0.39 is 11.7 Å². The van der Waals surface area contributed by atoms with E-state index in [9.17, 15) is 13.2 Å². The zero-order valence-electron chi connectivity index (χ0n) is 11.8. The van der Waals surface area contributed by atoms with Crippen LogP contribution >= 0.6 is 11.8 Å². The molecule has 1 rings (SSSR count). The van der Waals surface area contributed by atoms with E-state index in [1.165, 1.54) is 0 Å². The maximum Gasteiger partial charge on any atom is 0.416 e. The van der Waals surface area contributed by atoms with Gasteiger partial charge in [-0.05, 0) is 31.7 Å². The van der Waals surface area contributed by atoms with Gasteiger partial charge in [0, 0.05) is 18.3 Å². The second-order valence-corrected chi connectivity index (χ2v) is 5.46. The van der Waals surface area contributed by atoms with Gasteiger partial charge in [-0.25, -0.2) is 4.98 Å². The van der Waals surface area contributed by atoms with Crippen molar-refractivity contribution < 1.29 is 13.2 Å². The summed E-state index contributed by atoms with van der Waals surface area (Å²) in [5.74, 6) is 1.30. The SMILES string of the molecule is CCCNc1cc(C(F)(F)F)cc(NC(C)CSC)n1. The summed E-state index contributed by atoms with van der Waals surface area (Å²) in [6.07, 6.45) is -1.60. The lowest BCUT2D eigenvalue weighted by molar-refractivity contribution is -0.137. The quantitative estimate of drug-likeness (QED) is 0.795. The average molecular weight is 307 g/mol. The van der Waals surface area contributed by atoms with Gasteiger partial charge in [0.25, 0.3) is 0 Å². The van der Waals surface area contributed by atoms with Gasteiger partial charge in [-0.15, -0.1) is 0 Å². The molecule has 0 aliphatic heterocycles. The van der Waals surface area contributed by atoms with Crippen LogP contribution in [0.4, 0.5) is 24.8 Å². The summed E-state index contributed by atoms with van der Waals surface area (Å²) in [6.45, 7) is 4.45. The molecule has 0 saturated carbocycles. The average Bonchev–Trinajstić information content (AvgIpc) is 2.35. The number of nitrogens with zero attached hydrogens (tertiary/aromatic N) is 1. The Hall–Kier alpha value is -1.11. The number of anilines is 2. The monoisotopic (exact) mass is 307 g/mol. The first kappa shape index (κ1) is 16.9. The van der Waals surface area contributed by atoms with Crippen molar-refractivity contribution in [2.75, 3.05) is 29.2 Å². The van der Waals surface area contributed by atoms with E-state index in [2.05, 4.69) is 15.6 Å². The van der Waals surface area contributed by atoms with Gasteiger partial charge in [-0.2, -0.15) is 24.9 Å².